The highest BCUT2D eigenvalue weighted by Gasteiger charge is 2.20. The van der Waals surface area contributed by atoms with Crippen LogP contribution in [0.15, 0.2) is 12.7 Å². The number of rotatable bonds is 6. The van der Waals surface area contributed by atoms with Gasteiger partial charge < -0.3 is 5.32 Å². The molecule has 1 rings (SSSR count). The maximum atomic E-state index is 3.82. The van der Waals surface area contributed by atoms with Gasteiger partial charge in [-0.1, -0.05) is 19.4 Å². The van der Waals surface area contributed by atoms with Gasteiger partial charge in [-0.15, -0.1) is 6.58 Å². The third-order valence-electron chi connectivity index (χ3n) is 2.92. The maximum Gasteiger partial charge on any atom is 0.0223 e. The zero-order chi connectivity index (χ0) is 10.2. The zero-order valence-electron chi connectivity index (χ0n) is 9.47. The van der Waals surface area contributed by atoms with Crippen molar-refractivity contribution in [2.24, 2.45) is 0 Å². The van der Waals surface area contributed by atoms with Gasteiger partial charge >= 0.3 is 0 Å². The minimum Gasteiger partial charge on any atom is -0.315 e. The highest BCUT2D eigenvalue weighted by atomic mass is 15.2. The topological polar surface area (TPSA) is 15.3 Å². The monoisotopic (exact) mass is 196 g/mol. The number of nitrogens with one attached hydrogen (secondary N) is 1. The van der Waals surface area contributed by atoms with E-state index in [1.807, 2.05) is 6.08 Å². The van der Waals surface area contributed by atoms with E-state index in [-0.39, 0.29) is 0 Å². The van der Waals surface area contributed by atoms with Gasteiger partial charge in [0, 0.05) is 19.1 Å². The largest absolute Gasteiger partial charge is 0.315 e. The molecule has 0 saturated carbocycles. The second-order valence-corrected chi connectivity index (χ2v) is 4.14. The van der Waals surface area contributed by atoms with Crippen LogP contribution >= 0.6 is 0 Å². The van der Waals surface area contributed by atoms with Crippen LogP contribution < -0.4 is 5.32 Å². The molecule has 14 heavy (non-hydrogen) atoms. The molecule has 1 fully saturated rings. The highest BCUT2D eigenvalue weighted by Crippen LogP contribution is 2.15. The van der Waals surface area contributed by atoms with Crippen molar-refractivity contribution < 1.29 is 0 Å². The SMILES string of the molecule is C=CCN1CCCCC1CNCCC. The van der Waals surface area contributed by atoms with Crippen LogP contribution in [-0.4, -0.2) is 37.1 Å². The quantitative estimate of drug-likeness (QED) is 0.516. The Morgan fingerprint density at radius 1 is 1.50 bits per heavy atom. The molecule has 0 spiro atoms. The van der Waals surface area contributed by atoms with Crippen molar-refractivity contribution in [2.45, 2.75) is 38.6 Å². The van der Waals surface area contributed by atoms with Crippen molar-refractivity contribution in [3.63, 3.8) is 0 Å². The Morgan fingerprint density at radius 2 is 2.36 bits per heavy atom. The Bertz CT molecular complexity index is 156. The summed E-state index contributed by atoms with van der Waals surface area (Å²) in [5.41, 5.74) is 0. The standard InChI is InChI=1S/C12H24N2/c1-3-8-13-11-12-7-5-6-10-14(12)9-4-2/h4,12-13H,2-3,5-11H2,1H3. The molecule has 0 aromatic heterocycles. The lowest BCUT2D eigenvalue weighted by Crippen LogP contribution is -2.45. The van der Waals surface area contributed by atoms with Gasteiger partial charge in [0.25, 0.3) is 0 Å². The fourth-order valence-corrected chi connectivity index (χ4v) is 2.14. The van der Waals surface area contributed by atoms with Crippen molar-refractivity contribution >= 4 is 0 Å². The summed E-state index contributed by atoms with van der Waals surface area (Å²) >= 11 is 0. The Labute approximate surface area is 88.4 Å². The Morgan fingerprint density at radius 3 is 3.07 bits per heavy atom. The van der Waals surface area contributed by atoms with E-state index in [2.05, 4.69) is 23.7 Å². The van der Waals surface area contributed by atoms with Gasteiger partial charge in [0.2, 0.25) is 0 Å². The summed E-state index contributed by atoms with van der Waals surface area (Å²) < 4.78 is 0. The third kappa shape index (κ3) is 3.81. The molecule has 1 aliphatic heterocycles. The lowest BCUT2D eigenvalue weighted by Gasteiger charge is -2.35. The summed E-state index contributed by atoms with van der Waals surface area (Å²) in [6, 6.07) is 0.744. The van der Waals surface area contributed by atoms with Crippen LogP contribution in [0.2, 0.25) is 0 Å². The molecule has 1 aliphatic rings. The molecule has 0 radical (unpaired) electrons. The molecule has 1 atom stereocenters. The molecule has 1 heterocycles. The number of nitrogens with zero attached hydrogens (tertiary/aromatic N) is 1. The number of likely N-dealkylation sites (tertiary alicyclic amines) is 1. The fraction of sp³-hybridized carbons (Fsp3) is 0.833. The molecule has 0 amide bonds. The van der Waals surface area contributed by atoms with E-state index in [0.717, 1.165) is 25.7 Å². The molecular formula is C12H24N2. The minimum absolute atomic E-state index is 0.744. The van der Waals surface area contributed by atoms with Crippen molar-refractivity contribution in [1.82, 2.24) is 10.2 Å². The lowest BCUT2D eigenvalue weighted by molar-refractivity contribution is 0.162. The second-order valence-electron chi connectivity index (χ2n) is 4.14. The van der Waals surface area contributed by atoms with Crippen molar-refractivity contribution in [3.8, 4) is 0 Å². The van der Waals surface area contributed by atoms with Crippen LogP contribution in [0.25, 0.3) is 0 Å². The van der Waals surface area contributed by atoms with Gasteiger partial charge in [-0.05, 0) is 32.4 Å². The molecule has 0 aromatic carbocycles. The fourth-order valence-electron chi connectivity index (χ4n) is 2.14. The molecule has 2 nitrogen and oxygen atoms in total. The van der Waals surface area contributed by atoms with Gasteiger partial charge in [-0.25, -0.2) is 0 Å². The van der Waals surface area contributed by atoms with E-state index in [9.17, 15) is 0 Å². The van der Waals surface area contributed by atoms with Gasteiger partial charge in [-0.2, -0.15) is 0 Å². The van der Waals surface area contributed by atoms with Crippen LogP contribution in [-0.2, 0) is 0 Å². The average molecular weight is 196 g/mol. The maximum absolute atomic E-state index is 3.82. The first kappa shape index (κ1) is 11.7. The normalized spacial score (nSPS) is 23.6. The van der Waals surface area contributed by atoms with Crippen molar-refractivity contribution in [3.05, 3.63) is 12.7 Å². The lowest BCUT2D eigenvalue weighted by atomic mass is 10.0. The van der Waals surface area contributed by atoms with E-state index in [1.54, 1.807) is 0 Å². The first-order chi connectivity index (χ1) is 6.88. The summed E-state index contributed by atoms with van der Waals surface area (Å²) in [5, 5.41) is 3.52. The van der Waals surface area contributed by atoms with Crippen LogP contribution in [0.1, 0.15) is 32.6 Å². The molecule has 1 N–H and O–H groups in total. The highest BCUT2D eigenvalue weighted by molar-refractivity contribution is 4.83. The predicted molar refractivity (Wildman–Crippen MR) is 62.6 cm³/mol. The summed E-state index contributed by atoms with van der Waals surface area (Å²) in [6.07, 6.45) is 7.36. The average Bonchev–Trinajstić information content (AvgIpc) is 2.21. The number of hydrogen-bond donors (Lipinski definition) is 1. The van der Waals surface area contributed by atoms with E-state index in [1.165, 1.54) is 32.2 Å². The third-order valence-corrected chi connectivity index (χ3v) is 2.92. The van der Waals surface area contributed by atoms with Gasteiger partial charge in [0.05, 0.1) is 0 Å². The molecule has 2 heteroatoms. The van der Waals surface area contributed by atoms with Gasteiger partial charge in [-0.3, -0.25) is 4.90 Å². The molecule has 1 saturated heterocycles. The van der Waals surface area contributed by atoms with E-state index in [0.29, 0.717) is 0 Å². The molecule has 0 bridgehead atoms. The van der Waals surface area contributed by atoms with E-state index >= 15 is 0 Å². The van der Waals surface area contributed by atoms with Crippen LogP contribution in [0.3, 0.4) is 0 Å². The smallest absolute Gasteiger partial charge is 0.0223 e. The zero-order valence-corrected chi connectivity index (χ0v) is 9.47. The molecule has 82 valence electrons. The molecule has 0 aromatic rings. The van der Waals surface area contributed by atoms with Crippen LogP contribution in [0.5, 0.6) is 0 Å². The Balaban J connectivity index is 2.26. The van der Waals surface area contributed by atoms with E-state index in [4.69, 9.17) is 0 Å². The minimum atomic E-state index is 0.744. The van der Waals surface area contributed by atoms with Crippen LogP contribution in [0, 0.1) is 0 Å². The summed E-state index contributed by atoms with van der Waals surface area (Å²) in [4.78, 5) is 2.55. The summed E-state index contributed by atoms with van der Waals surface area (Å²) in [5.74, 6) is 0. The first-order valence-electron chi connectivity index (χ1n) is 5.94. The van der Waals surface area contributed by atoms with Gasteiger partial charge in [0.15, 0.2) is 0 Å². The molecule has 0 aliphatic carbocycles. The Kier molecular flexibility index (Phi) is 5.88. The Hall–Kier alpha value is -0.340. The van der Waals surface area contributed by atoms with E-state index < -0.39 is 0 Å². The van der Waals surface area contributed by atoms with Crippen molar-refractivity contribution in [2.75, 3.05) is 26.2 Å². The second kappa shape index (κ2) is 7.02. The summed E-state index contributed by atoms with van der Waals surface area (Å²) in [6.45, 7) is 10.7. The molecule has 1 unspecified atom stereocenters. The number of piperidine rings is 1. The first-order valence-corrected chi connectivity index (χ1v) is 5.94. The summed E-state index contributed by atoms with van der Waals surface area (Å²) in [7, 11) is 0. The predicted octanol–water partition coefficient (Wildman–Crippen LogP) is 2.03. The number of hydrogen-bond acceptors (Lipinski definition) is 2. The van der Waals surface area contributed by atoms with Crippen molar-refractivity contribution in [1.29, 1.82) is 0 Å². The van der Waals surface area contributed by atoms with Crippen LogP contribution in [0.4, 0.5) is 0 Å². The molecular weight excluding hydrogens is 172 g/mol. The van der Waals surface area contributed by atoms with Gasteiger partial charge in [0.1, 0.15) is 0 Å².